The van der Waals surface area contributed by atoms with Crippen molar-refractivity contribution in [3.05, 3.63) is 52.0 Å². The lowest BCUT2D eigenvalue weighted by Gasteiger charge is -2.13. The van der Waals surface area contributed by atoms with Gasteiger partial charge in [-0.25, -0.2) is 4.98 Å². The van der Waals surface area contributed by atoms with Crippen molar-refractivity contribution < 1.29 is 14.7 Å². The number of thiazole rings is 1. The molecule has 2 heterocycles. The fourth-order valence-corrected chi connectivity index (χ4v) is 3.50. The number of hydrogen-bond donors (Lipinski definition) is 1. The average Bonchev–Trinajstić information content (AvgIpc) is 3.23. The zero-order valence-corrected chi connectivity index (χ0v) is 13.5. The number of aromatic nitrogens is 1. The number of carboxylic acids is 1. The number of carbonyl (C=O) groups is 2. The summed E-state index contributed by atoms with van der Waals surface area (Å²) in [4.78, 5) is 29.4. The van der Waals surface area contributed by atoms with Gasteiger partial charge in [0.15, 0.2) is 0 Å². The van der Waals surface area contributed by atoms with Gasteiger partial charge in [-0.05, 0) is 18.4 Å². The van der Waals surface area contributed by atoms with Gasteiger partial charge >= 0.3 is 5.97 Å². The SMILES string of the molecule is O=C(O)C1CCN(C(=O)c2csc(CCc3ccccc3)n2)C1. The molecule has 1 saturated heterocycles. The molecular formula is C17H18N2O3S. The van der Waals surface area contributed by atoms with Crippen molar-refractivity contribution in [2.24, 2.45) is 5.92 Å². The Morgan fingerprint density at radius 3 is 2.74 bits per heavy atom. The molecule has 1 atom stereocenters. The molecule has 1 amide bonds. The van der Waals surface area contributed by atoms with Crippen LogP contribution in [-0.2, 0) is 17.6 Å². The second-order valence-corrected chi connectivity index (χ2v) is 6.63. The van der Waals surface area contributed by atoms with E-state index in [1.165, 1.54) is 16.9 Å². The van der Waals surface area contributed by atoms with E-state index in [1.807, 2.05) is 18.2 Å². The maximum atomic E-state index is 12.4. The van der Waals surface area contributed by atoms with Crippen LogP contribution >= 0.6 is 11.3 Å². The van der Waals surface area contributed by atoms with Gasteiger partial charge in [0.1, 0.15) is 5.69 Å². The number of benzene rings is 1. The van der Waals surface area contributed by atoms with E-state index < -0.39 is 11.9 Å². The molecule has 6 heteroatoms. The fraction of sp³-hybridized carbons (Fsp3) is 0.353. The minimum absolute atomic E-state index is 0.157. The van der Waals surface area contributed by atoms with E-state index in [-0.39, 0.29) is 12.5 Å². The molecule has 1 aliphatic heterocycles. The van der Waals surface area contributed by atoms with Crippen molar-refractivity contribution in [2.45, 2.75) is 19.3 Å². The third-order valence-electron chi connectivity index (χ3n) is 4.07. The van der Waals surface area contributed by atoms with Crippen molar-refractivity contribution >= 4 is 23.2 Å². The number of aliphatic carboxylic acids is 1. The molecule has 1 aromatic heterocycles. The molecule has 0 saturated carbocycles. The predicted octanol–water partition coefficient (Wildman–Crippen LogP) is 2.48. The van der Waals surface area contributed by atoms with Gasteiger partial charge in [0.2, 0.25) is 0 Å². The van der Waals surface area contributed by atoms with Crippen molar-refractivity contribution in [1.29, 1.82) is 0 Å². The Hall–Kier alpha value is -2.21. The highest BCUT2D eigenvalue weighted by Gasteiger charge is 2.32. The quantitative estimate of drug-likeness (QED) is 0.914. The molecule has 3 rings (SSSR count). The molecule has 120 valence electrons. The summed E-state index contributed by atoms with van der Waals surface area (Å²) in [5, 5.41) is 11.7. The summed E-state index contributed by atoms with van der Waals surface area (Å²) in [6.45, 7) is 0.776. The van der Waals surface area contributed by atoms with E-state index >= 15 is 0 Å². The number of likely N-dealkylation sites (tertiary alicyclic amines) is 1. The lowest BCUT2D eigenvalue weighted by molar-refractivity contribution is -0.141. The number of hydrogen-bond acceptors (Lipinski definition) is 4. The van der Waals surface area contributed by atoms with E-state index in [4.69, 9.17) is 5.11 Å². The summed E-state index contributed by atoms with van der Waals surface area (Å²) >= 11 is 1.49. The molecular weight excluding hydrogens is 312 g/mol. The van der Waals surface area contributed by atoms with E-state index in [2.05, 4.69) is 17.1 Å². The Kier molecular flexibility index (Phi) is 4.71. The van der Waals surface area contributed by atoms with Crippen LogP contribution in [0.2, 0.25) is 0 Å². The number of aryl methyl sites for hydroxylation is 2. The van der Waals surface area contributed by atoms with Crippen molar-refractivity contribution in [2.75, 3.05) is 13.1 Å². The Bertz CT molecular complexity index is 699. The van der Waals surface area contributed by atoms with Crippen LogP contribution in [0, 0.1) is 5.92 Å². The summed E-state index contributed by atoms with van der Waals surface area (Å²) in [7, 11) is 0. The number of carboxylic acid groups (broad SMARTS) is 1. The molecule has 0 spiro atoms. The first-order valence-electron chi connectivity index (χ1n) is 7.64. The maximum absolute atomic E-state index is 12.4. The van der Waals surface area contributed by atoms with Crippen molar-refractivity contribution in [3.8, 4) is 0 Å². The van der Waals surface area contributed by atoms with Crippen molar-refractivity contribution in [3.63, 3.8) is 0 Å². The molecule has 1 N–H and O–H groups in total. The smallest absolute Gasteiger partial charge is 0.308 e. The predicted molar refractivity (Wildman–Crippen MR) is 87.6 cm³/mol. The topological polar surface area (TPSA) is 70.5 Å². The molecule has 2 aromatic rings. The molecule has 23 heavy (non-hydrogen) atoms. The average molecular weight is 330 g/mol. The standard InChI is InChI=1S/C17H18N2O3S/c20-16(19-9-8-13(10-19)17(21)22)14-11-23-15(18-14)7-6-12-4-2-1-3-5-12/h1-5,11,13H,6-10H2,(H,21,22). The zero-order chi connectivity index (χ0) is 16.2. The molecule has 0 aliphatic carbocycles. The van der Waals surface area contributed by atoms with Crippen LogP contribution in [0.1, 0.15) is 27.5 Å². The van der Waals surface area contributed by atoms with Gasteiger partial charge in [-0.15, -0.1) is 11.3 Å². The Balaban J connectivity index is 1.58. The summed E-state index contributed by atoms with van der Waals surface area (Å²) in [5.74, 6) is -1.44. The molecule has 1 fully saturated rings. The van der Waals surface area contributed by atoms with Gasteiger partial charge in [0.05, 0.1) is 10.9 Å². The third kappa shape index (κ3) is 3.76. The van der Waals surface area contributed by atoms with Gasteiger partial charge in [-0.3, -0.25) is 9.59 Å². The van der Waals surface area contributed by atoms with E-state index in [1.54, 1.807) is 10.3 Å². The van der Waals surface area contributed by atoms with Crippen LogP contribution in [0.5, 0.6) is 0 Å². The number of nitrogens with zero attached hydrogens (tertiary/aromatic N) is 2. The Morgan fingerprint density at radius 1 is 1.26 bits per heavy atom. The molecule has 1 aromatic carbocycles. The minimum Gasteiger partial charge on any atom is -0.481 e. The fourth-order valence-electron chi connectivity index (χ4n) is 2.73. The highest BCUT2D eigenvalue weighted by Crippen LogP contribution is 2.20. The van der Waals surface area contributed by atoms with E-state index in [9.17, 15) is 9.59 Å². The summed E-state index contributed by atoms with van der Waals surface area (Å²) in [5.41, 5.74) is 1.68. The highest BCUT2D eigenvalue weighted by molar-refractivity contribution is 7.09. The second-order valence-electron chi connectivity index (χ2n) is 5.69. The first kappa shape index (κ1) is 15.7. The molecule has 1 aliphatic rings. The molecule has 0 bridgehead atoms. The highest BCUT2D eigenvalue weighted by atomic mass is 32.1. The third-order valence-corrected chi connectivity index (χ3v) is 4.97. The monoisotopic (exact) mass is 330 g/mol. The van der Waals surface area contributed by atoms with Crippen LogP contribution in [0.4, 0.5) is 0 Å². The number of rotatable bonds is 5. The van der Waals surface area contributed by atoms with Gasteiger partial charge < -0.3 is 10.0 Å². The largest absolute Gasteiger partial charge is 0.481 e. The lowest BCUT2D eigenvalue weighted by atomic mass is 10.1. The first-order chi connectivity index (χ1) is 11.1. The minimum atomic E-state index is -0.831. The second kappa shape index (κ2) is 6.91. The Morgan fingerprint density at radius 2 is 2.04 bits per heavy atom. The van der Waals surface area contributed by atoms with Gasteiger partial charge in [-0.2, -0.15) is 0 Å². The van der Waals surface area contributed by atoms with Gasteiger partial charge in [0, 0.05) is 24.9 Å². The summed E-state index contributed by atoms with van der Waals surface area (Å²) in [6.07, 6.45) is 2.22. The summed E-state index contributed by atoms with van der Waals surface area (Å²) in [6, 6.07) is 10.2. The van der Waals surface area contributed by atoms with Crippen LogP contribution in [-0.4, -0.2) is 40.0 Å². The number of amides is 1. The lowest BCUT2D eigenvalue weighted by Crippen LogP contribution is -2.30. The Labute approximate surface area is 138 Å². The van der Waals surface area contributed by atoms with Crippen LogP contribution < -0.4 is 0 Å². The number of carbonyl (C=O) groups excluding carboxylic acids is 1. The maximum Gasteiger partial charge on any atom is 0.308 e. The molecule has 5 nitrogen and oxygen atoms in total. The van der Waals surface area contributed by atoms with Crippen LogP contribution in [0.3, 0.4) is 0 Å². The van der Waals surface area contributed by atoms with E-state index in [0.717, 1.165) is 17.8 Å². The molecule has 1 unspecified atom stereocenters. The van der Waals surface area contributed by atoms with Gasteiger partial charge in [0.25, 0.3) is 5.91 Å². The van der Waals surface area contributed by atoms with E-state index in [0.29, 0.717) is 18.7 Å². The first-order valence-corrected chi connectivity index (χ1v) is 8.52. The molecule has 0 radical (unpaired) electrons. The van der Waals surface area contributed by atoms with Crippen molar-refractivity contribution in [1.82, 2.24) is 9.88 Å². The summed E-state index contributed by atoms with van der Waals surface area (Å²) < 4.78 is 0. The van der Waals surface area contributed by atoms with Crippen LogP contribution in [0.15, 0.2) is 35.7 Å². The van der Waals surface area contributed by atoms with Crippen LogP contribution in [0.25, 0.3) is 0 Å². The zero-order valence-electron chi connectivity index (χ0n) is 12.6. The normalized spacial score (nSPS) is 17.4. The van der Waals surface area contributed by atoms with Gasteiger partial charge in [-0.1, -0.05) is 30.3 Å².